The second kappa shape index (κ2) is 4.37. The molecule has 0 aliphatic carbocycles. The Hall–Kier alpha value is -1.81. The molecular formula is C12H15N3O. The molecule has 0 fully saturated rings. The summed E-state index contributed by atoms with van der Waals surface area (Å²) in [6, 6.07) is 5.86. The molecule has 16 heavy (non-hydrogen) atoms. The van der Waals surface area contributed by atoms with E-state index in [0.717, 1.165) is 22.6 Å². The molecule has 0 amide bonds. The Balaban J connectivity index is 2.52. The van der Waals surface area contributed by atoms with E-state index in [4.69, 9.17) is 10.5 Å². The van der Waals surface area contributed by atoms with Crippen molar-refractivity contribution in [2.75, 3.05) is 7.11 Å². The van der Waals surface area contributed by atoms with Gasteiger partial charge in [-0.15, -0.1) is 0 Å². The monoisotopic (exact) mass is 217 g/mol. The molecule has 0 radical (unpaired) electrons. The van der Waals surface area contributed by atoms with Gasteiger partial charge in [0.05, 0.1) is 13.3 Å². The molecule has 0 atom stereocenters. The fourth-order valence-corrected chi connectivity index (χ4v) is 1.59. The van der Waals surface area contributed by atoms with Gasteiger partial charge in [-0.3, -0.25) is 0 Å². The quantitative estimate of drug-likeness (QED) is 0.850. The standard InChI is InChI=1S/C12H15N3O/c1-9-7-14-15(8-9)11-5-10(6-13)3-4-12(11)16-2/h3-5,7-8H,6,13H2,1-2H3. The first-order valence-electron chi connectivity index (χ1n) is 5.13. The Morgan fingerprint density at radius 1 is 1.44 bits per heavy atom. The third kappa shape index (κ3) is 1.92. The average Bonchev–Trinajstić information content (AvgIpc) is 2.75. The zero-order chi connectivity index (χ0) is 11.5. The minimum Gasteiger partial charge on any atom is -0.494 e. The molecule has 0 bridgehead atoms. The van der Waals surface area contributed by atoms with E-state index >= 15 is 0 Å². The molecule has 1 aromatic heterocycles. The number of hydrogen-bond acceptors (Lipinski definition) is 3. The smallest absolute Gasteiger partial charge is 0.144 e. The lowest BCUT2D eigenvalue weighted by atomic mass is 10.2. The van der Waals surface area contributed by atoms with Crippen molar-refractivity contribution in [2.24, 2.45) is 5.73 Å². The van der Waals surface area contributed by atoms with Gasteiger partial charge >= 0.3 is 0 Å². The van der Waals surface area contributed by atoms with Crippen LogP contribution in [0.5, 0.6) is 5.75 Å². The number of aromatic nitrogens is 2. The predicted octanol–water partition coefficient (Wildman–Crippen LogP) is 1.65. The predicted molar refractivity (Wildman–Crippen MR) is 62.7 cm³/mol. The van der Waals surface area contributed by atoms with Crippen LogP contribution in [0.3, 0.4) is 0 Å². The van der Waals surface area contributed by atoms with Crippen LogP contribution >= 0.6 is 0 Å². The van der Waals surface area contributed by atoms with Crippen LogP contribution in [0.1, 0.15) is 11.1 Å². The van der Waals surface area contributed by atoms with Crippen LogP contribution in [0, 0.1) is 6.92 Å². The number of benzene rings is 1. The van der Waals surface area contributed by atoms with Gasteiger partial charge in [-0.2, -0.15) is 5.10 Å². The SMILES string of the molecule is COc1ccc(CN)cc1-n1cc(C)cn1. The van der Waals surface area contributed by atoms with Gasteiger partial charge in [0.15, 0.2) is 0 Å². The first-order valence-corrected chi connectivity index (χ1v) is 5.13. The third-order valence-corrected chi connectivity index (χ3v) is 2.44. The Kier molecular flexibility index (Phi) is 2.92. The second-order valence-electron chi connectivity index (χ2n) is 3.67. The van der Waals surface area contributed by atoms with Gasteiger partial charge < -0.3 is 10.5 Å². The summed E-state index contributed by atoms with van der Waals surface area (Å²) in [5.41, 5.74) is 8.71. The van der Waals surface area contributed by atoms with Crippen LogP contribution in [0.2, 0.25) is 0 Å². The molecule has 2 aromatic rings. The van der Waals surface area contributed by atoms with Crippen LogP contribution in [-0.4, -0.2) is 16.9 Å². The highest BCUT2D eigenvalue weighted by molar-refractivity contribution is 5.48. The summed E-state index contributed by atoms with van der Waals surface area (Å²) in [6.45, 7) is 2.51. The average molecular weight is 217 g/mol. The van der Waals surface area contributed by atoms with Crippen molar-refractivity contribution in [2.45, 2.75) is 13.5 Å². The zero-order valence-electron chi connectivity index (χ0n) is 9.47. The van der Waals surface area contributed by atoms with Crippen molar-refractivity contribution in [1.29, 1.82) is 0 Å². The summed E-state index contributed by atoms with van der Waals surface area (Å²) in [7, 11) is 1.65. The molecule has 0 spiro atoms. The van der Waals surface area contributed by atoms with Gasteiger partial charge in [0.25, 0.3) is 0 Å². The highest BCUT2D eigenvalue weighted by Crippen LogP contribution is 2.23. The molecule has 4 nitrogen and oxygen atoms in total. The van der Waals surface area contributed by atoms with Crippen molar-refractivity contribution in [3.05, 3.63) is 41.7 Å². The fraction of sp³-hybridized carbons (Fsp3) is 0.250. The van der Waals surface area contributed by atoms with Crippen LogP contribution in [0.25, 0.3) is 5.69 Å². The maximum absolute atomic E-state index is 5.62. The van der Waals surface area contributed by atoms with Gasteiger partial charge in [-0.05, 0) is 30.2 Å². The first kappa shape index (κ1) is 10.7. The van der Waals surface area contributed by atoms with Crippen molar-refractivity contribution in [3.63, 3.8) is 0 Å². The lowest BCUT2D eigenvalue weighted by Gasteiger charge is -2.09. The molecule has 0 saturated carbocycles. The highest BCUT2D eigenvalue weighted by Gasteiger charge is 2.06. The zero-order valence-corrected chi connectivity index (χ0v) is 9.47. The van der Waals surface area contributed by atoms with Crippen molar-refractivity contribution < 1.29 is 4.74 Å². The fourth-order valence-electron chi connectivity index (χ4n) is 1.59. The lowest BCUT2D eigenvalue weighted by Crippen LogP contribution is -2.02. The maximum Gasteiger partial charge on any atom is 0.144 e. The molecule has 0 unspecified atom stereocenters. The number of aryl methyl sites for hydroxylation is 1. The van der Waals surface area contributed by atoms with Crippen molar-refractivity contribution >= 4 is 0 Å². The molecule has 0 aliphatic heterocycles. The normalized spacial score (nSPS) is 10.4. The summed E-state index contributed by atoms with van der Waals surface area (Å²) in [6.07, 6.45) is 3.77. The molecule has 4 heteroatoms. The van der Waals surface area contributed by atoms with Crippen LogP contribution < -0.4 is 10.5 Å². The first-order chi connectivity index (χ1) is 7.74. The summed E-state index contributed by atoms with van der Waals surface area (Å²) in [5.74, 6) is 0.792. The number of hydrogen-bond donors (Lipinski definition) is 1. The lowest BCUT2D eigenvalue weighted by molar-refractivity contribution is 0.411. The summed E-state index contributed by atoms with van der Waals surface area (Å²) in [5, 5.41) is 4.27. The van der Waals surface area contributed by atoms with E-state index in [1.54, 1.807) is 11.8 Å². The number of rotatable bonds is 3. The topological polar surface area (TPSA) is 53.1 Å². The van der Waals surface area contributed by atoms with Crippen LogP contribution in [0.15, 0.2) is 30.6 Å². The molecule has 2 N–H and O–H groups in total. The number of nitrogens with zero attached hydrogens (tertiary/aromatic N) is 2. The Bertz CT molecular complexity index is 491. The van der Waals surface area contributed by atoms with E-state index in [1.807, 2.05) is 37.5 Å². The highest BCUT2D eigenvalue weighted by atomic mass is 16.5. The summed E-state index contributed by atoms with van der Waals surface area (Å²) < 4.78 is 7.11. The number of methoxy groups -OCH3 is 1. The van der Waals surface area contributed by atoms with E-state index in [2.05, 4.69) is 5.10 Å². The third-order valence-electron chi connectivity index (χ3n) is 2.44. The Morgan fingerprint density at radius 2 is 2.25 bits per heavy atom. The number of nitrogens with two attached hydrogens (primary N) is 1. The van der Waals surface area contributed by atoms with Gasteiger partial charge in [-0.25, -0.2) is 4.68 Å². The molecule has 0 aliphatic rings. The summed E-state index contributed by atoms with van der Waals surface area (Å²) in [4.78, 5) is 0. The second-order valence-corrected chi connectivity index (χ2v) is 3.67. The van der Waals surface area contributed by atoms with Gasteiger partial charge in [0, 0.05) is 12.7 Å². The summed E-state index contributed by atoms with van der Waals surface area (Å²) >= 11 is 0. The van der Waals surface area contributed by atoms with Crippen LogP contribution in [-0.2, 0) is 6.54 Å². The van der Waals surface area contributed by atoms with Gasteiger partial charge in [-0.1, -0.05) is 6.07 Å². The van der Waals surface area contributed by atoms with Gasteiger partial charge in [0.1, 0.15) is 11.4 Å². The minimum absolute atomic E-state index is 0.511. The largest absolute Gasteiger partial charge is 0.494 e. The number of ether oxygens (including phenoxy) is 1. The van der Waals surface area contributed by atoms with E-state index in [0.29, 0.717) is 6.54 Å². The minimum atomic E-state index is 0.511. The molecule has 2 rings (SSSR count). The van der Waals surface area contributed by atoms with E-state index < -0.39 is 0 Å². The van der Waals surface area contributed by atoms with E-state index in [-0.39, 0.29) is 0 Å². The molecule has 1 aromatic carbocycles. The Labute approximate surface area is 94.6 Å². The van der Waals surface area contributed by atoms with Gasteiger partial charge in [0.2, 0.25) is 0 Å². The van der Waals surface area contributed by atoms with E-state index in [9.17, 15) is 0 Å². The molecule has 84 valence electrons. The van der Waals surface area contributed by atoms with Crippen molar-refractivity contribution in [3.8, 4) is 11.4 Å². The molecule has 1 heterocycles. The maximum atomic E-state index is 5.62. The van der Waals surface area contributed by atoms with Crippen molar-refractivity contribution in [1.82, 2.24) is 9.78 Å². The molecule has 0 saturated heterocycles. The molecular weight excluding hydrogens is 202 g/mol. The Morgan fingerprint density at radius 3 is 2.81 bits per heavy atom. The van der Waals surface area contributed by atoms with E-state index in [1.165, 1.54) is 0 Å². The van der Waals surface area contributed by atoms with Crippen LogP contribution in [0.4, 0.5) is 0 Å².